The Hall–Kier alpha value is -7.12. The normalized spacial score (nSPS) is 19.7. The molecule has 3 fully saturated rings. The molecule has 0 bridgehead atoms. The minimum absolute atomic E-state index is 0.0614. The van der Waals surface area contributed by atoms with E-state index in [0.29, 0.717) is 107 Å². The van der Waals surface area contributed by atoms with Gasteiger partial charge >= 0.3 is 0 Å². The average molecular weight is 943 g/mol. The van der Waals surface area contributed by atoms with Crippen molar-refractivity contribution >= 4 is 52.9 Å². The number of para-hydroxylation sites is 1. The number of primary amides is 1. The lowest BCUT2D eigenvalue weighted by molar-refractivity contribution is -0.136. The van der Waals surface area contributed by atoms with Gasteiger partial charge in [0.1, 0.15) is 34.6 Å². The molecule has 5 N–H and O–H groups in total. The lowest BCUT2D eigenvalue weighted by Gasteiger charge is -2.38. The van der Waals surface area contributed by atoms with Gasteiger partial charge in [0.2, 0.25) is 23.6 Å². The molecular formula is C50H58N10O9. The summed E-state index contributed by atoms with van der Waals surface area (Å²) in [5.41, 5.74) is 8.89. The number of nitrogens with one attached hydrogen (secondary N) is 3. The van der Waals surface area contributed by atoms with Crippen LogP contribution in [0.4, 0.5) is 11.5 Å². The molecule has 9 rings (SSSR count). The zero-order valence-electron chi connectivity index (χ0n) is 38.5. The molecule has 1 aromatic heterocycles. The van der Waals surface area contributed by atoms with Crippen LogP contribution in [0.2, 0.25) is 0 Å². The third-order valence-electron chi connectivity index (χ3n) is 13.8. The van der Waals surface area contributed by atoms with Gasteiger partial charge in [-0.15, -0.1) is 0 Å². The van der Waals surface area contributed by atoms with Crippen LogP contribution in [-0.4, -0.2) is 144 Å². The van der Waals surface area contributed by atoms with E-state index in [1.54, 1.807) is 18.2 Å². The largest absolute Gasteiger partial charge is 0.457 e. The first kappa shape index (κ1) is 47.0. The summed E-state index contributed by atoms with van der Waals surface area (Å²) in [6.07, 6.45) is 4.58. The number of hydrogen-bond donors (Lipinski definition) is 4. The van der Waals surface area contributed by atoms with Crippen LogP contribution in [0, 0.1) is 5.92 Å². The van der Waals surface area contributed by atoms with Crippen molar-refractivity contribution in [2.75, 3.05) is 82.3 Å². The first-order chi connectivity index (χ1) is 33.5. The van der Waals surface area contributed by atoms with Crippen LogP contribution in [0.3, 0.4) is 0 Å². The van der Waals surface area contributed by atoms with Crippen molar-refractivity contribution in [1.29, 1.82) is 0 Å². The molecule has 362 valence electrons. The molecule has 2 atom stereocenters. The summed E-state index contributed by atoms with van der Waals surface area (Å²) < 4.78 is 13.7. The topological polar surface area (TPSA) is 231 Å². The first-order valence-corrected chi connectivity index (χ1v) is 24.0. The second-order valence-corrected chi connectivity index (χ2v) is 18.2. The monoisotopic (exact) mass is 942 g/mol. The highest BCUT2D eigenvalue weighted by atomic mass is 16.5. The van der Waals surface area contributed by atoms with Gasteiger partial charge in [0, 0.05) is 83.1 Å². The van der Waals surface area contributed by atoms with E-state index in [9.17, 15) is 33.6 Å². The van der Waals surface area contributed by atoms with Crippen LogP contribution < -0.4 is 31.3 Å². The van der Waals surface area contributed by atoms with Crippen molar-refractivity contribution in [2.24, 2.45) is 11.7 Å². The number of unbranched alkanes of at least 4 members (excludes halogenated alkanes) is 1. The fraction of sp³-hybridized carbons (Fsp3) is 0.440. The van der Waals surface area contributed by atoms with Crippen LogP contribution in [0.25, 0.3) is 11.3 Å². The third kappa shape index (κ3) is 10.5. The number of piperidine rings is 2. The molecule has 19 nitrogen and oxygen atoms in total. The number of ether oxygens (including phenoxy) is 2. The molecule has 4 aromatic rings. The van der Waals surface area contributed by atoms with Crippen molar-refractivity contribution in [1.82, 2.24) is 35.1 Å². The first-order valence-electron chi connectivity index (χ1n) is 24.0. The summed E-state index contributed by atoms with van der Waals surface area (Å²) in [6, 6.07) is 21.2. The predicted octanol–water partition coefficient (Wildman–Crippen LogP) is 3.56. The van der Waals surface area contributed by atoms with Crippen molar-refractivity contribution < 1.29 is 43.0 Å². The number of nitrogens with zero attached hydrogens (tertiary/aromatic N) is 6. The van der Waals surface area contributed by atoms with Crippen LogP contribution in [0.15, 0.2) is 72.8 Å². The number of carbonyl (C=O) groups excluding carboxylic acids is 7. The smallest absolute Gasteiger partial charge is 0.262 e. The van der Waals surface area contributed by atoms with Gasteiger partial charge in [0.05, 0.1) is 30.3 Å². The molecule has 0 aliphatic carbocycles. The highest BCUT2D eigenvalue weighted by Crippen LogP contribution is 2.40. The Kier molecular flexibility index (Phi) is 14.3. The second kappa shape index (κ2) is 21.0. The zero-order valence-corrected chi connectivity index (χ0v) is 38.5. The number of piperazine rings is 1. The predicted molar refractivity (Wildman–Crippen MR) is 254 cm³/mol. The van der Waals surface area contributed by atoms with Gasteiger partial charge in [-0.1, -0.05) is 18.2 Å². The number of amides is 7. The lowest BCUT2D eigenvalue weighted by Crippen LogP contribution is -2.54. The van der Waals surface area contributed by atoms with Gasteiger partial charge in [0.25, 0.3) is 17.7 Å². The molecular weight excluding hydrogens is 885 g/mol. The van der Waals surface area contributed by atoms with Crippen LogP contribution in [0.1, 0.15) is 88.5 Å². The average Bonchev–Trinajstić information content (AvgIpc) is 3.87. The summed E-state index contributed by atoms with van der Waals surface area (Å²) in [7, 11) is 0. The molecule has 0 saturated carbocycles. The fourth-order valence-corrected chi connectivity index (χ4v) is 10.1. The molecule has 3 aromatic carbocycles. The maximum Gasteiger partial charge on any atom is 0.262 e. The minimum Gasteiger partial charge on any atom is -0.457 e. The number of imide groups is 2. The van der Waals surface area contributed by atoms with Crippen LogP contribution in [0.5, 0.6) is 11.5 Å². The molecule has 5 aliphatic heterocycles. The van der Waals surface area contributed by atoms with E-state index in [0.717, 1.165) is 47.6 Å². The standard InChI is InChI=1S/C50H58N10O9/c51-46(64)44-45(33-9-12-36(13-10-33)69-35-6-2-1-3-7-35)55-60-39(17-20-53-47(44)60)32-18-22-58(23-19-32)43(63)8-4-5-28-68-29-21-52-42(62)31-56-24-26-57(27-25-56)34-11-14-37-38(30-34)50(67)59(49(37)66)40-15-16-41(61)54-48(40)65/h1-3,6-7,9-14,30,32,39-40,53H,4-5,8,15-29,31H2,(H2,51,64)(H,52,62)(H,54,61,65)/t39-,40?/m0/s1. The van der Waals surface area contributed by atoms with E-state index >= 15 is 0 Å². The van der Waals surface area contributed by atoms with Gasteiger partial charge < -0.3 is 35.6 Å². The van der Waals surface area contributed by atoms with Crippen LogP contribution >= 0.6 is 0 Å². The highest BCUT2D eigenvalue weighted by molar-refractivity contribution is 6.23. The number of benzene rings is 3. The Bertz CT molecular complexity index is 2590. The number of nitrogens with two attached hydrogens (primary N) is 1. The van der Waals surface area contributed by atoms with Crippen LogP contribution in [-0.2, 0) is 23.9 Å². The molecule has 0 spiro atoms. The van der Waals surface area contributed by atoms with E-state index in [-0.39, 0.29) is 48.4 Å². The molecule has 5 aliphatic rings. The molecule has 7 amide bonds. The lowest BCUT2D eigenvalue weighted by atomic mass is 9.86. The maximum absolute atomic E-state index is 13.3. The van der Waals surface area contributed by atoms with Gasteiger partial charge in [-0.25, -0.2) is 4.68 Å². The number of carbonyl (C=O) groups is 7. The number of aromatic nitrogens is 2. The molecule has 1 unspecified atom stereocenters. The van der Waals surface area contributed by atoms with Crippen molar-refractivity contribution in [3.05, 3.63) is 89.5 Å². The quantitative estimate of drug-likeness (QED) is 0.0878. The van der Waals surface area contributed by atoms with Crippen molar-refractivity contribution in [3.8, 4) is 22.8 Å². The minimum atomic E-state index is -1.01. The fourth-order valence-electron chi connectivity index (χ4n) is 10.1. The number of hydrogen-bond acceptors (Lipinski definition) is 13. The molecule has 69 heavy (non-hydrogen) atoms. The number of fused-ring (bicyclic) bond motifs is 2. The summed E-state index contributed by atoms with van der Waals surface area (Å²) >= 11 is 0. The summed E-state index contributed by atoms with van der Waals surface area (Å²) in [4.78, 5) is 96.2. The Morgan fingerprint density at radius 3 is 2.28 bits per heavy atom. The summed E-state index contributed by atoms with van der Waals surface area (Å²) in [6.45, 7) is 6.00. The van der Waals surface area contributed by atoms with Gasteiger partial charge in [-0.05, 0) is 99.0 Å². The SMILES string of the molecule is NC(=O)c1c(-c2ccc(Oc3ccccc3)cc2)nn2c1NCC[C@H]2C1CCN(C(=O)CCCCOCCNC(=O)CN2CCN(c3ccc4c(c3)C(=O)N(C3CCC(=O)NC3=O)C4=O)CC2)CC1. The Balaban J connectivity index is 0.645. The van der Waals surface area contributed by atoms with Gasteiger partial charge in [-0.2, -0.15) is 5.10 Å². The van der Waals surface area contributed by atoms with Gasteiger partial charge in [-0.3, -0.25) is 48.7 Å². The van der Waals surface area contributed by atoms with E-state index < -0.39 is 35.6 Å². The zero-order chi connectivity index (χ0) is 48.0. The summed E-state index contributed by atoms with van der Waals surface area (Å²) in [5, 5.41) is 13.5. The maximum atomic E-state index is 13.3. The van der Waals surface area contributed by atoms with E-state index in [2.05, 4.69) is 25.8 Å². The van der Waals surface area contributed by atoms with Gasteiger partial charge in [0.15, 0.2) is 0 Å². The molecule has 0 radical (unpaired) electrons. The van der Waals surface area contributed by atoms with E-state index in [1.807, 2.05) is 64.2 Å². The van der Waals surface area contributed by atoms with Crippen molar-refractivity contribution in [2.45, 2.75) is 63.5 Å². The van der Waals surface area contributed by atoms with E-state index in [4.69, 9.17) is 20.3 Å². The number of anilines is 2. The van der Waals surface area contributed by atoms with E-state index in [1.165, 1.54) is 0 Å². The third-order valence-corrected chi connectivity index (χ3v) is 13.8. The molecule has 19 heteroatoms. The Morgan fingerprint density at radius 1 is 0.797 bits per heavy atom. The Morgan fingerprint density at radius 2 is 1.54 bits per heavy atom. The highest BCUT2D eigenvalue weighted by Gasteiger charge is 2.45. The Labute approximate surface area is 399 Å². The number of rotatable bonds is 17. The molecule has 3 saturated heterocycles. The number of likely N-dealkylation sites (tertiary alicyclic amines) is 1. The molecule has 6 heterocycles. The second-order valence-electron chi connectivity index (χ2n) is 18.2. The van der Waals surface area contributed by atoms with Crippen molar-refractivity contribution in [3.63, 3.8) is 0 Å². The summed E-state index contributed by atoms with van der Waals surface area (Å²) in [5.74, 6) is -0.298.